The SMILES string of the molecule is COc1ccc(Cl)cc1NC(=O)CSc1nnc(CNc2ccc(F)cc2)n1CC1CCCO1. The summed E-state index contributed by atoms with van der Waals surface area (Å²) < 4.78 is 26.2. The van der Waals surface area contributed by atoms with Crippen molar-refractivity contribution >= 4 is 40.6 Å². The second-order valence-electron chi connectivity index (χ2n) is 7.69. The highest BCUT2D eigenvalue weighted by Crippen LogP contribution is 2.28. The molecule has 2 aromatic carbocycles. The maximum absolute atomic E-state index is 13.2. The van der Waals surface area contributed by atoms with Gasteiger partial charge in [-0.05, 0) is 55.3 Å². The molecule has 1 aliphatic rings. The number of carbonyl (C=O) groups excluding carboxylic acids is 1. The summed E-state index contributed by atoms with van der Waals surface area (Å²) in [4.78, 5) is 12.6. The Hall–Kier alpha value is -2.82. The van der Waals surface area contributed by atoms with Crippen molar-refractivity contribution < 1.29 is 18.7 Å². The number of nitrogens with zero attached hydrogens (tertiary/aromatic N) is 3. The van der Waals surface area contributed by atoms with E-state index >= 15 is 0 Å². The van der Waals surface area contributed by atoms with Crippen molar-refractivity contribution in [3.8, 4) is 5.75 Å². The summed E-state index contributed by atoms with van der Waals surface area (Å²) in [7, 11) is 1.53. The second kappa shape index (κ2) is 11.5. The molecule has 1 fully saturated rings. The van der Waals surface area contributed by atoms with Crippen LogP contribution >= 0.6 is 23.4 Å². The van der Waals surface area contributed by atoms with E-state index < -0.39 is 0 Å². The number of hydrogen-bond acceptors (Lipinski definition) is 7. The Labute approximate surface area is 206 Å². The maximum Gasteiger partial charge on any atom is 0.234 e. The zero-order valence-electron chi connectivity index (χ0n) is 18.6. The van der Waals surface area contributed by atoms with E-state index in [1.807, 2.05) is 4.57 Å². The highest BCUT2D eigenvalue weighted by molar-refractivity contribution is 7.99. The first-order chi connectivity index (χ1) is 16.5. The van der Waals surface area contributed by atoms with Gasteiger partial charge in [0.05, 0.1) is 37.7 Å². The number of amides is 1. The topological polar surface area (TPSA) is 90.3 Å². The van der Waals surface area contributed by atoms with Crippen LogP contribution in [0.1, 0.15) is 18.7 Å². The highest BCUT2D eigenvalue weighted by atomic mass is 35.5. The van der Waals surface area contributed by atoms with Crippen molar-refractivity contribution in [3.63, 3.8) is 0 Å². The molecule has 1 amide bonds. The van der Waals surface area contributed by atoms with Gasteiger partial charge in [0, 0.05) is 17.3 Å². The van der Waals surface area contributed by atoms with Gasteiger partial charge in [0.15, 0.2) is 11.0 Å². The summed E-state index contributed by atoms with van der Waals surface area (Å²) in [5.74, 6) is 0.852. The van der Waals surface area contributed by atoms with E-state index in [9.17, 15) is 9.18 Å². The fraction of sp³-hybridized carbons (Fsp3) is 0.348. The summed E-state index contributed by atoms with van der Waals surface area (Å²) in [6.45, 7) is 1.74. The average Bonchev–Trinajstić information content (AvgIpc) is 3.48. The van der Waals surface area contributed by atoms with Crippen molar-refractivity contribution in [1.82, 2.24) is 14.8 Å². The quantitative estimate of drug-likeness (QED) is 0.389. The van der Waals surface area contributed by atoms with Gasteiger partial charge in [0.25, 0.3) is 0 Å². The van der Waals surface area contributed by atoms with Gasteiger partial charge in [-0.2, -0.15) is 0 Å². The number of rotatable bonds is 10. The fourth-order valence-corrected chi connectivity index (χ4v) is 4.51. The van der Waals surface area contributed by atoms with Gasteiger partial charge in [-0.15, -0.1) is 10.2 Å². The predicted molar refractivity (Wildman–Crippen MR) is 130 cm³/mol. The lowest BCUT2D eigenvalue weighted by Gasteiger charge is -2.15. The number of hydrogen-bond donors (Lipinski definition) is 2. The van der Waals surface area contributed by atoms with E-state index in [2.05, 4.69) is 20.8 Å². The lowest BCUT2D eigenvalue weighted by atomic mass is 10.2. The first-order valence-electron chi connectivity index (χ1n) is 10.8. The Kier molecular flexibility index (Phi) is 8.25. The third kappa shape index (κ3) is 6.40. The van der Waals surface area contributed by atoms with E-state index in [0.29, 0.717) is 40.5 Å². The van der Waals surface area contributed by atoms with Gasteiger partial charge in [-0.3, -0.25) is 4.79 Å². The number of methoxy groups -OCH3 is 1. The maximum atomic E-state index is 13.2. The van der Waals surface area contributed by atoms with E-state index in [4.69, 9.17) is 21.1 Å². The number of aromatic nitrogens is 3. The average molecular weight is 506 g/mol. The normalized spacial score (nSPS) is 15.3. The number of thioether (sulfide) groups is 1. The van der Waals surface area contributed by atoms with Gasteiger partial charge in [0.2, 0.25) is 5.91 Å². The summed E-state index contributed by atoms with van der Waals surface area (Å²) in [5.41, 5.74) is 1.28. The Morgan fingerprint density at radius 2 is 2.12 bits per heavy atom. The molecule has 8 nitrogen and oxygen atoms in total. The van der Waals surface area contributed by atoms with Gasteiger partial charge < -0.3 is 24.7 Å². The molecule has 0 saturated carbocycles. The molecule has 0 radical (unpaired) electrons. The molecule has 2 N–H and O–H groups in total. The molecule has 0 bridgehead atoms. The number of benzene rings is 2. The number of anilines is 2. The van der Waals surface area contributed by atoms with Crippen LogP contribution in [0.2, 0.25) is 5.02 Å². The molecule has 3 aromatic rings. The summed E-state index contributed by atoms with van der Waals surface area (Å²) in [6.07, 6.45) is 2.05. The van der Waals surface area contributed by atoms with E-state index in [1.165, 1.54) is 31.0 Å². The van der Waals surface area contributed by atoms with Crippen LogP contribution in [0.4, 0.5) is 15.8 Å². The largest absolute Gasteiger partial charge is 0.495 e. The molecule has 1 aliphatic heterocycles. The first kappa shape index (κ1) is 24.3. The van der Waals surface area contributed by atoms with Crippen LogP contribution in [0.15, 0.2) is 47.6 Å². The molecular formula is C23H25ClFN5O3S. The number of nitrogens with one attached hydrogen (secondary N) is 2. The Bertz CT molecular complexity index is 1120. The minimum atomic E-state index is -0.292. The summed E-state index contributed by atoms with van der Waals surface area (Å²) in [6, 6.07) is 11.2. The van der Waals surface area contributed by atoms with Crippen molar-refractivity contribution in [2.24, 2.45) is 0 Å². The molecule has 1 aromatic heterocycles. The van der Waals surface area contributed by atoms with Crippen LogP contribution in [-0.2, 0) is 22.6 Å². The molecule has 34 heavy (non-hydrogen) atoms. The lowest BCUT2D eigenvalue weighted by molar-refractivity contribution is -0.113. The van der Waals surface area contributed by atoms with Crippen LogP contribution in [0.5, 0.6) is 5.75 Å². The van der Waals surface area contributed by atoms with Crippen LogP contribution in [0, 0.1) is 5.82 Å². The molecule has 1 atom stereocenters. The summed E-state index contributed by atoms with van der Waals surface area (Å²) in [5, 5.41) is 15.8. The fourth-order valence-electron chi connectivity index (χ4n) is 3.57. The van der Waals surface area contributed by atoms with Gasteiger partial charge >= 0.3 is 0 Å². The van der Waals surface area contributed by atoms with Gasteiger partial charge in [-0.25, -0.2) is 4.39 Å². The molecular weight excluding hydrogens is 481 g/mol. The first-order valence-corrected chi connectivity index (χ1v) is 12.2. The van der Waals surface area contributed by atoms with E-state index in [1.54, 1.807) is 30.3 Å². The third-order valence-corrected chi connectivity index (χ3v) is 6.47. The van der Waals surface area contributed by atoms with Crippen LogP contribution in [-0.4, -0.2) is 46.2 Å². The van der Waals surface area contributed by atoms with Crippen molar-refractivity contribution in [3.05, 3.63) is 59.1 Å². The predicted octanol–water partition coefficient (Wildman–Crippen LogP) is 4.60. The highest BCUT2D eigenvalue weighted by Gasteiger charge is 2.21. The van der Waals surface area contributed by atoms with Gasteiger partial charge in [-0.1, -0.05) is 23.4 Å². The molecule has 0 aliphatic carbocycles. The molecule has 1 unspecified atom stereocenters. The van der Waals surface area contributed by atoms with Crippen LogP contribution < -0.4 is 15.4 Å². The Balaban J connectivity index is 1.43. The smallest absolute Gasteiger partial charge is 0.234 e. The molecule has 0 spiro atoms. The number of ether oxygens (including phenoxy) is 2. The lowest BCUT2D eigenvalue weighted by Crippen LogP contribution is -2.20. The zero-order valence-corrected chi connectivity index (χ0v) is 20.2. The molecule has 2 heterocycles. The standard InChI is InChI=1S/C23H25ClFN5O3S/c1-32-20-9-4-15(24)11-19(20)27-22(31)14-34-23-29-28-21(30(23)13-18-3-2-10-33-18)12-26-17-7-5-16(25)6-8-17/h4-9,11,18,26H,2-3,10,12-14H2,1H3,(H,27,31). The minimum Gasteiger partial charge on any atom is -0.495 e. The van der Waals surface area contributed by atoms with Crippen LogP contribution in [0.3, 0.4) is 0 Å². The number of halogens is 2. The van der Waals surface area contributed by atoms with Crippen molar-refractivity contribution in [1.29, 1.82) is 0 Å². The molecule has 1 saturated heterocycles. The molecule has 4 rings (SSSR count). The van der Waals surface area contributed by atoms with E-state index in [0.717, 1.165) is 25.1 Å². The second-order valence-corrected chi connectivity index (χ2v) is 9.07. The van der Waals surface area contributed by atoms with E-state index in [-0.39, 0.29) is 23.6 Å². The Morgan fingerprint density at radius 1 is 1.29 bits per heavy atom. The van der Waals surface area contributed by atoms with Gasteiger partial charge in [0.1, 0.15) is 11.6 Å². The summed E-state index contributed by atoms with van der Waals surface area (Å²) >= 11 is 7.34. The molecule has 180 valence electrons. The van der Waals surface area contributed by atoms with Crippen molar-refractivity contribution in [2.45, 2.75) is 37.2 Å². The molecule has 11 heteroatoms. The zero-order chi connectivity index (χ0) is 23.9. The monoisotopic (exact) mass is 505 g/mol. The van der Waals surface area contributed by atoms with Crippen molar-refractivity contribution in [2.75, 3.05) is 30.1 Å². The third-order valence-electron chi connectivity index (χ3n) is 5.27. The number of carbonyl (C=O) groups is 1. The Morgan fingerprint density at radius 3 is 2.85 bits per heavy atom. The minimum absolute atomic E-state index is 0.0736. The van der Waals surface area contributed by atoms with Crippen LogP contribution in [0.25, 0.3) is 0 Å².